The molecule has 0 saturated carbocycles. The van der Waals surface area contributed by atoms with Crippen LogP contribution in [-0.4, -0.2) is 10.9 Å². The lowest BCUT2D eigenvalue weighted by atomic mass is 10.1. The summed E-state index contributed by atoms with van der Waals surface area (Å²) >= 11 is 0. The molecule has 0 atom stereocenters. The lowest BCUT2D eigenvalue weighted by Crippen LogP contribution is -2.22. The zero-order valence-electron chi connectivity index (χ0n) is 12.3. The Kier molecular flexibility index (Phi) is 3.27. The van der Waals surface area contributed by atoms with E-state index in [9.17, 15) is 4.79 Å². The first-order valence-electron chi connectivity index (χ1n) is 7.41. The number of carbonyl (C=O) groups is 1. The fraction of sp³-hybridized carbons (Fsp3) is 0.0526. The summed E-state index contributed by atoms with van der Waals surface area (Å²) < 4.78 is 5.69. The fourth-order valence-electron chi connectivity index (χ4n) is 2.67. The van der Waals surface area contributed by atoms with Crippen LogP contribution in [0.1, 0.15) is 16.2 Å². The first-order chi connectivity index (χ1) is 11.3. The molecule has 0 bridgehead atoms. The number of nitrogens with one attached hydrogen (secondary N) is 1. The highest BCUT2D eigenvalue weighted by Crippen LogP contribution is 2.28. The molecule has 0 radical (unpaired) electrons. The Morgan fingerprint density at radius 2 is 1.87 bits per heavy atom. The standard InChI is InChI=1S/C19H14N2O2/c22-19(21-12-14-6-3-4-10-20-14)18-11-16-15-7-2-1-5-13(15)8-9-17(16)23-18/h1-11H,12H2,(H,21,22). The topological polar surface area (TPSA) is 55.1 Å². The van der Waals surface area contributed by atoms with E-state index in [-0.39, 0.29) is 5.91 Å². The number of fused-ring (bicyclic) bond motifs is 3. The van der Waals surface area contributed by atoms with Crippen LogP contribution in [0.15, 0.2) is 71.3 Å². The molecule has 4 rings (SSSR count). The minimum absolute atomic E-state index is 0.240. The second-order valence-electron chi connectivity index (χ2n) is 5.31. The minimum atomic E-state index is -0.240. The molecule has 0 saturated heterocycles. The molecule has 23 heavy (non-hydrogen) atoms. The summed E-state index contributed by atoms with van der Waals surface area (Å²) in [6.07, 6.45) is 1.70. The smallest absolute Gasteiger partial charge is 0.287 e. The van der Waals surface area contributed by atoms with E-state index < -0.39 is 0 Å². The Morgan fingerprint density at radius 3 is 2.74 bits per heavy atom. The van der Waals surface area contributed by atoms with E-state index in [1.54, 1.807) is 12.3 Å². The highest BCUT2D eigenvalue weighted by Gasteiger charge is 2.13. The van der Waals surface area contributed by atoms with Gasteiger partial charge in [-0.3, -0.25) is 9.78 Å². The van der Waals surface area contributed by atoms with Crippen LogP contribution < -0.4 is 5.32 Å². The van der Waals surface area contributed by atoms with Crippen LogP contribution in [0, 0.1) is 0 Å². The van der Waals surface area contributed by atoms with Crippen molar-refractivity contribution in [1.29, 1.82) is 0 Å². The molecule has 1 amide bonds. The maximum absolute atomic E-state index is 12.3. The molecule has 0 aliphatic rings. The average Bonchev–Trinajstić information content (AvgIpc) is 3.05. The first kappa shape index (κ1) is 13.5. The average molecular weight is 302 g/mol. The van der Waals surface area contributed by atoms with Crippen LogP contribution in [-0.2, 0) is 6.54 Å². The molecule has 4 heteroatoms. The van der Waals surface area contributed by atoms with E-state index >= 15 is 0 Å². The van der Waals surface area contributed by atoms with E-state index in [4.69, 9.17) is 4.42 Å². The number of furan rings is 1. The van der Waals surface area contributed by atoms with Gasteiger partial charge in [-0.2, -0.15) is 0 Å². The van der Waals surface area contributed by atoms with Crippen molar-refractivity contribution >= 4 is 27.6 Å². The zero-order chi connectivity index (χ0) is 15.6. The van der Waals surface area contributed by atoms with Crippen molar-refractivity contribution in [2.24, 2.45) is 0 Å². The number of carbonyl (C=O) groups excluding carboxylic acids is 1. The number of pyridine rings is 1. The molecule has 0 aliphatic heterocycles. The van der Waals surface area contributed by atoms with Crippen molar-refractivity contribution in [3.63, 3.8) is 0 Å². The third kappa shape index (κ3) is 2.55. The van der Waals surface area contributed by atoms with Gasteiger partial charge in [0.05, 0.1) is 12.2 Å². The monoisotopic (exact) mass is 302 g/mol. The summed E-state index contributed by atoms with van der Waals surface area (Å²) in [5.74, 6) is 0.0724. The Bertz CT molecular complexity index is 990. The van der Waals surface area contributed by atoms with Gasteiger partial charge in [0, 0.05) is 11.6 Å². The van der Waals surface area contributed by atoms with Gasteiger partial charge in [0.15, 0.2) is 5.76 Å². The fourth-order valence-corrected chi connectivity index (χ4v) is 2.67. The lowest BCUT2D eigenvalue weighted by molar-refractivity contribution is 0.0925. The maximum Gasteiger partial charge on any atom is 0.287 e. The summed E-state index contributed by atoms with van der Waals surface area (Å²) in [5.41, 5.74) is 1.52. The molecule has 4 aromatic rings. The summed E-state index contributed by atoms with van der Waals surface area (Å²) in [6, 6.07) is 19.3. The Hall–Kier alpha value is -3.14. The molecule has 1 N–H and O–H groups in total. The molecule has 0 unspecified atom stereocenters. The Morgan fingerprint density at radius 1 is 1.00 bits per heavy atom. The van der Waals surface area contributed by atoms with E-state index in [2.05, 4.69) is 10.3 Å². The van der Waals surface area contributed by atoms with Crippen molar-refractivity contribution in [1.82, 2.24) is 10.3 Å². The molecule has 0 aliphatic carbocycles. The molecular formula is C19H14N2O2. The van der Waals surface area contributed by atoms with Crippen molar-refractivity contribution in [3.8, 4) is 0 Å². The zero-order valence-corrected chi connectivity index (χ0v) is 12.3. The summed E-state index contributed by atoms with van der Waals surface area (Å²) in [6.45, 7) is 0.372. The van der Waals surface area contributed by atoms with Crippen molar-refractivity contribution in [2.45, 2.75) is 6.54 Å². The van der Waals surface area contributed by atoms with Gasteiger partial charge in [-0.15, -0.1) is 0 Å². The number of aromatic nitrogens is 1. The van der Waals surface area contributed by atoms with Gasteiger partial charge in [0.2, 0.25) is 0 Å². The molecule has 0 spiro atoms. The van der Waals surface area contributed by atoms with Crippen LogP contribution >= 0.6 is 0 Å². The van der Waals surface area contributed by atoms with E-state index in [1.165, 1.54) is 0 Å². The third-order valence-electron chi connectivity index (χ3n) is 3.81. The van der Waals surface area contributed by atoms with Gasteiger partial charge in [-0.25, -0.2) is 0 Å². The molecule has 4 nitrogen and oxygen atoms in total. The summed E-state index contributed by atoms with van der Waals surface area (Å²) in [5, 5.41) is 5.99. The van der Waals surface area contributed by atoms with Gasteiger partial charge in [0.25, 0.3) is 5.91 Å². The molecule has 2 aromatic heterocycles. The van der Waals surface area contributed by atoms with E-state index in [0.29, 0.717) is 17.9 Å². The second kappa shape index (κ2) is 5.57. The Balaban J connectivity index is 1.63. The maximum atomic E-state index is 12.3. The third-order valence-corrected chi connectivity index (χ3v) is 3.81. The summed E-state index contributed by atoms with van der Waals surface area (Å²) in [7, 11) is 0. The largest absolute Gasteiger partial charge is 0.451 e. The quantitative estimate of drug-likeness (QED) is 0.624. The molecule has 2 heterocycles. The molecule has 2 aromatic carbocycles. The highest BCUT2D eigenvalue weighted by molar-refractivity contribution is 6.08. The number of benzene rings is 2. The normalized spacial score (nSPS) is 11.0. The molecule has 112 valence electrons. The van der Waals surface area contributed by atoms with Crippen LogP contribution in [0.3, 0.4) is 0 Å². The van der Waals surface area contributed by atoms with Crippen molar-refractivity contribution in [2.75, 3.05) is 0 Å². The number of amides is 1. The van der Waals surface area contributed by atoms with Crippen molar-refractivity contribution < 1.29 is 9.21 Å². The van der Waals surface area contributed by atoms with Gasteiger partial charge in [-0.05, 0) is 35.0 Å². The number of hydrogen-bond acceptors (Lipinski definition) is 3. The van der Waals surface area contributed by atoms with Crippen LogP contribution in [0.4, 0.5) is 0 Å². The first-order valence-corrected chi connectivity index (χ1v) is 7.41. The lowest BCUT2D eigenvalue weighted by Gasteiger charge is -2.01. The second-order valence-corrected chi connectivity index (χ2v) is 5.31. The van der Waals surface area contributed by atoms with Crippen LogP contribution in [0.5, 0.6) is 0 Å². The van der Waals surface area contributed by atoms with Crippen LogP contribution in [0.25, 0.3) is 21.7 Å². The predicted molar refractivity (Wildman–Crippen MR) is 89.1 cm³/mol. The van der Waals surface area contributed by atoms with Gasteiger partial charge >= 0.3 is 0 Å². The number of rotatable bonds is 3. The summed E-state index contributed by atoms with van der Waals surface area (Å²) in [4.78, 5) is 16.5. The molecule has 0 fully saturated rings. The van der Waals surface area contributed by atoms with Gasteiger partial charge < -0.3 is 9.73 Å². The molecular weight excluding hydrogens is 288 g/mol. The number of nitrogens with zero attached hydrogens (tertiary/aromatic N) is 1. The van der Waals surface area contributed by atoms with Crippen LogP contribution in [0.2, 0.25) is 0 Å². The SMILES string of the molecule is O=C(NCc1ccccn1)c1cc2c(ccc3ccccc32)o1. The highest BCUT2D eigenvalue weighted by atomic mass is 16.3. The predicted octanol–water partition coefficient (Wildman–Crippen LogP) is 3.91. The van der Waals surface area contributed by atoms with Crippen molar-refractivity contribution in [3.05, 3.63) is 78.3 Å². The Labute approximate surface area is 132 Å². The van der Waals surface area contributed by atoms with Gasteiger partial charge in [-0.1, -0.05) is 36.4 Å². The van der Waals surface area contributed by atoms with Gasteiger partial charge in [0.1, 0.15) is 5.58 Å². The minimum Gasteiger partial charge on any atom is -0.451 e. The van der Waals surface area contributed by atoms with E-state index in [0.717, 1.165) is 21.9 Å². The number of hydrogen-bond donors (Lipinski definition) is 1. The van der Waals surface area contributed by atoms with E-state index in [1.807, 2.05) is 54.6 Å².